The van der Waals surface area contributed by atoms with Crippen LogP contribution in [0.1, 0.15) is 32.9 Å². The Morgan fingerprint density at radius 2 is 1.82 bits per heavy atom. The van der Waals surface area contributed by atoms with Gasteiger partial charge in [-0.15, -0.1) is 10.2 Å². The minimum Gasteiger partial charge on any atom is -0.454 e. The van der Waals surface area contributed by atoms with E-state index in [1.807, 2.05) is 67.9 Å². The van der Waals surface area contributed by atoms with Gasteiger partial charge in [-0.05, 0) is 50.1 Å². The molecular formula is C26H26N4O3S. The molecule has 0 aliphatic carbocycles. The molecule has 8 heteroatoms. The Balaban J connectivity index is 1.30. The molecule has 0 saturated carbocycles. The van der Waals surface area contributed by atoms with Crippen molar-refractivity contribution in [3.63, 3.8) is 0 Å². The van der Waals surface area contributed by atoms with E-state index < -0.39 is 0 Å². The van der Waals surface area contributed by atoms with Crippen LogP contribution in [0, 0.1) is 20.8 Å². The van der Waals surface area contributed by atoms with Gasteiger partial charge < -0.3 is 18.6 Å². The van der Waals surface area contributed by atoms with Gasteiger partial charge in [-0.3, -0.25) is 4.79 Å². The summed E-state index contributed by atoms with van der Waals surface area (Å²) in [5, 5.41) is 9.41. The SMILES string of the molecule is Cc1ccccc1-c1nnc(SCC(=O)c2cc(C)n(Cc3ccc4c(c3)OCO4)c2C)n1C. The molecule has 2 aromatic heterocycles. The van der Waals surface area contributed by atoms with E-state index >= 15 is 0 Å². The van der Waals surface area contributed by atoms with Gasteiger partial charge in [0.15, 0.2) is 28.3 Å². The number of ether oxygens (including phenoxy) is 2. The average molecular weight is 475 g/mol. The molecule has 0 amide bonds. The van der Waals surface area contributed by atoms with E-state index in [2.05, 4.69) is 27.8 Å². The molecule has 5 rings (SSSR count). The van der Waals surface area contributed by atoms with Crippen LogP contribution in [0.15, 0.2) is 53.7 Å². The van der Waals surface area contributed by atoms with Crippen molar-refractivity contribution in [2.75, 3.05) is 12.5 Å². The first-order valence-electron chi connectivity index (χ1n) is 11.1. The Hall–Kier alpha value is -3.52. The summed E-state index contributed by atoms with van der Waals surface area (Å²) in [4.78, 5) is 13.1. The van der Waals surface area contributed by atoms with E-state index in [-0.39, 0.29) is 12.6 Å². The molecule has 0 radical (unpaired) electrons. The number of ketones is 1. The molecule has 3 heterocycles. The number of Topliss-reactive ketones (excluding diaryl/α,β-unsaturated/α-hetero) is 1. The van der Waals surface area contributed by atoms with Crippen LogP contribution in [0.25, 0.3) is 11.4 Å². The zero-order valence-corrected chi connectivity index (χ0v) is 20.5. The maximum Gasteiger partial charge on any atom is 0.231 e. The number of aryl methyl sites for hydroxylation is 2. The molecule has 1 aliphatic rings. The van der Waals surface area contributed by atoms with Crippen LogP contribution < -0.4 is 9.47 Å². The first-order valence-corrected chi connectivity index (χ1v) is 12.1. The third kappa shape index (κ3) is 4.09. The third-order valence-electron chi connectivity index (χ3n) is 6.20. The summed E-state index contributed by atoms with van der Waals surface area (Å²) < 4.78 is 15.0. The molecule has 0 spiro atoms. The van der Waals surface area contributed by atoms with Crippen molar-refractivity contribution in [2.45, 2.75) is 32.5 Å². The molecular weight excluding hydrogens is 448 g/mol. The number of carbonyl (C=O) groups is 1. The average Bonchev–Trinajstić information content (AvgIpc) is 3.52. The van der Waals surface area contributed by atoms with Crippen molar-refractivity contribution in [1.82, 2.24) is 19.3 Å². The number of rotatable bonds is 7. The van der Waals surface area contributed by atoms with Crippen molar-refractivity contribution in [1.29, 1.82) is 0 Å². The fraction of sp³-hybridized carbons (Fsp3) is 0.269. The van der Waals surface area contributed by atoms with Crippen LogP contribution in [0.4, 0.5) is 0 Å². The number of fused-ring (bicyclic) bond motifs is 1. The number of aromatic nitrogens is 4. The first-order chi connectivity index (χ1) is 16.4. The first kappa shape index (κ1) is 22.3. The van der Waals surface area contributed by atoms with Gasteiger partial charge in [0.05, 0.1) is 5.75 Å². The van der Waals surface area contributed by atoms with E-state index in [0.29, 0.717) is 12.3 Å². The Morgan fingerprint density at radius 1 is 1.03 bits per heavy atom. The second-order valence-electron chi connectivity index (χ2n) is 8.45. The van der Waals surface area contributed by atoms with Gasteiger partial charge in [0.2, 0.25) is 6.79 Å². The predicted octanol–water partition coefficient (Wildman–Crippen LogP) is 4.96. The monoisotopic (exact) mass is 474 g/mol. The zero-order chi connectivity index (χ0) is 23.8. The molecule has 0 unspecified atom stereocenters. The highest BCUT2D eigenvalue weighted by Gasteiger charge is 2.20. The minimum absolute atomic E-state index is 0.0791. The molecule has 2 aromatic carbocycles. The molecule has 0 saturated heterocycles. The number of hydrogen-bond donors (Lipinski definition) is 0. The van der Waals surface area contributed by atoms with E-state index in [9.17, 15) is 4.79 Å². The van der Waals surface area contributed by atoms with Crippen LogP contribution in [-0.2, 0) is 13.6 Å². The second kappa shape index (κ2) is 9.02. The van der Waals surface area contributed by atoms with Crippen molar-refractivity contribution in [2.24, 2.45) is 7.05 Å². The quantitative estimate of drug-likeness (QED) is 0.278. The summed E-state index contributed by atoms with van der Waals surface area (Å²) in [5.41, 5.74) is 6.03. The lowest BCUT2D eigenvalue weighted by Crippen LogP contribution is -2.08. The van der Waals surface area contributed by atoms with E-state index in [1.165, 1.54) is 11.8 Å². The summed E-state index contributed by atoms with van der Waals surface area (Å²) in [5.74, 6) is 2.72. The molecule has 0 bridgehead atoms. The van der Waals surface area contributed by atoms with E-state index in [1.54, 1.807) is 0 Å². The van der Waals surface area contributed by atoms with Gasteiger partial charge >= 0.3 is 0 Å². The fourth-order valence-corrected chi connectivity index (χ4v) is 5.05. The summed E-state index contributed by atoms with van der Waals surface area (Å²) in [6.45, 7) is 7.00. The van der Waals surface area contributed by atoms with E-state index in [0.717, 1.165) is 56.1 Å². The van der Waals surface area contributed by atoms with Crippen LogP contribution in [0.3, 0.4) is 0 Å². The topological polar surface area (TPSA) is 71.2 Å². The molecule has 34 heavy (non-hydrogen) atoms. The summed E-state index contributed by atoms with van der Waals surface area (Å²) >= 11 is 1.41. The number of carbonyl (C=O) groups excluding carboxylic acids is 1. The van der Waals surface area contributed by atoms with E-state index in [4.69, 9.17) is 9.47 Å². The Morgan fingerprint density at radius 3 is 2.65 bits per heavy atom. The number of thioether (sulfide) groups is 1. The number of hydrogen-bond acceptors (Lipinski definition) is 6. The van der Waals surface area contributed by atoms with Crippen LogP contribution in [0.2, 0.25) is 0 Å². The summed E-state index contributed by atoms with van der Waals surface area (Å²) in [6, 6.07) is 16.0. The Labute approximate surface area is 202 Å². The normalized spacial score (nSPS) is 12.4. The maximum atomic E-state index is 13.1. The van der Waals surface area contributed by atoms with Crippen molar-refractivity contribution < 1.29 is 14.3 Å². The molecule has 174 valence electrons. The van der Waals surface area contributed by atoms with Gasteiger partial charge in [0, 0.05) is 36.1 Å². The highest BCUT2D eigenvalue weighted by Crippen LogP contribution is 2.33. The lowest BCUT2D eigenvalue weighted by molar-refractivity contribution is 0.102. The summed E-state index contributed by atoms with van der Waals surface area (Å²) in [6.07, 6.45) is 0. The van der Waals surface area contributed by atoms with Gasteiger partial charge in [0.25, 0.3) is 0 Å². The molecule has 4 aromatic rings. The molecule has 0 fully saturated rings. The smallest absolute Gasteiger partial charge is 0.231 e. The third-order valence-corrected chi connectivity index (χ3v) is 7.23. The van der Waals surface area contributed by atoms with Crippen LogP contribution >= 0.6 is 11.8 Å². The minimum atomic E-state index is 0.0791. The van der Waals surface area contributed by atoms with Crippen LogP contribution in [-0.4, -0.2) is 37.7 Å². The van der Waals surface area contributed by atoms with Crippen molar-refractivity contribution in [3.05, 3.63) is 76.6 Å². The highest BCUT2D eigenvalue weighted by molar-refractivity contribution is 7.99. The predicted molar refractivity (Wildman–Crippen MR) is 132 cm³/mol. The molecule has 0 atom stereocenters. The van der Waals surface area contributed by atoms with Gasteiger partial charge in [0.1, 0.15) is 0 Å². The van der Waals surface area contributed by atoms with Gasteiger partial charge in [-0.1, -0.05) is 42.1 Å². The molecule has 1 aliphatic heterocycles. The summed E-state index contributed by atoms with van der Waals surface area (Å²) in [7, 11) is 1.94. The Kier molecular flexibility index (Phi) is 5.91. The fourth-order valence-electron chi connectivity index (χ4n) is 4.26. The largest absolute Gasteiger partial charge is 0.454 e. The number of benzene rings is 2. The second-order valence-corrected chi connectivity index (χ2v) is 9.39. The standard InChI is InChI=1S/C26H26N4O3S/c1-16-7-5-6-8-20(16)25-27-28-26(29(25)4)34-14-22(31)21-11-17(2)30(18(21)3)13-19-9-10-23-24(12-19)33-15-32-23/h5-12H,13-15H2,1-4H3. The maximum absolute atomic E-state index is 13.1. The van der Waals surface area contributed by atoms with Crippen molar-refractivity contribution in [3.8, 4) is 22.9 Å². The van der Waals surface area contributed by atoms with Crippen molar-refractivity contribution >= 4 is 17.5 Å². The van der Waals surface area contributed by atoms with Crippen LogP contribution in [0.5, 0.6) is 11.5 Å². The zero-order valence-electron chi connectivity index (χ0n) is 19.7. The van der Waals surface area contributed by atoms with Gasteiger partial charge in [-0.2, -0.15) is 0 Å². The highest BCUT2D eigenvalue weighted by atomic mass is 32.2. The lowest BCUT2D eigenvalue weighted by atomic mass is 10.1. The lowest BCUT2D eigenvalue weighted by Gasteiger charge is -2.11. The molecule has 0 N–H and O–H groups in total. The Bertz CT molecular complexity index is 1390. The number of nitrogens with zero attached hydrogens (tertiary/aromatic N) is 4. The molecule has 7 nitrogen and oxygen atoms in total. The van der Waals surface area contributed by atoms with Gasteiger partial charge in [-0.25, -0.2) is 0 Å².